The number of morpholine rings is 1. The van der Waals surface area contributed by atoms with Crippen LogP contribution in [-0.4, -0.2) is 42.7 Å². The molecule has 0 amide bonds. The second-order valence-electron chi connectivity index (χ2n) is 4.19. The lowest BCUT2D eigenvalue weighted by Crippen LogP contribution is -2.53. The number of hydrazine groups is 1. The molecule has 0 saturated carbocycles. The summed E-state index contributed by atoms with van der Waals surface area (Å²) in [5.41, 5.74) is 1.86. The molecule has 0 aliphatic carbocycles. The Labute approximate surface area is 89.6 Å². The van der Waals surface area contributed by atoms with Crippen molar-refractivity contribution in [3.8, 4) is 0 Å². The molecule has 6 heteroatoms. The van der Waals surface area contributed by atoms with Gasteiger partial charge in [0.25, 0.3) is 0 Å². The predicted octanol–water partition coefficient (Wildman–Crippen LogP) is -0.591. The molecule has 0 spiro atoms. The molecule has 1 saturated heterocycles. The molecule has 0 radical (unpaired) electrons. The average Bonchev–Trinajstić information content (AvgIpc) is 2.16. The van der Waals surface area contributed by atoms with Crippen LogP contribution < -0.4 is 11.4 Å². The van der Waals surface area contributed by atoms with Crippen molar-refractivity contribution in [3.63, 3.8) is 0 Å². The normalized spacial score (nSPS) is 21.3. The Morgan fingerprint density at radius 1 is 1.67 bits per heavy atom. The first-order valence-electron chi connectivity index (χ1n) is 5.04. The molecule has 0 bridgehead atoms. The van der Waals surface area contributed by atoms with Crippen LogP contribution in [0.3, 0.4) is 0 Å². The van der Waals surface area contributed by atoms with Crippen molar-refractivity contribution >= 4 is 5.97 Å². The van der Waals surface area contributed by atoms with E-state index in [1.54, 1.807) is 0 Å². The van der Waals surface area contributed by atoms with Crippen LogP contribution in [0.15, 0.2) is 0 Å². The van der Waals surface area contributed by atoms with E-state index in [1.807, 2.05) is 5.59 Å². The first kappa shape index (κ1) is 12.4. The van der Waals surface area contributed by atoms with Crippen molar-refractivity contribution < 1.29 is 14.4 Å². The van der Waals surface area contributed by atoms with E-state index >= 15 is 0 Å². The number of nitrogens with zero attached hydrogens (tertiary/aromatic N) is 1. The van der Waals surface area contributed by atoms with E-state index in [0.29, 0.717) is 26.2 Å². The summed E-state index contributed by atoms with van der Waals surface area (Å²) in [7, 11) is 0. The minimum atomic E-state index is -0.347. The third-order valence-electron chi connectivity index (χ3n) is 2.58. The fourth-order valence-electron chi connectivity index (χ4n) is 1.65. The number of rotatable bonds is 4. The van der Waals surface area contributed by atoms with Crippen LogP contribution in [0.5, 0.6) is 0 Å². The predicted molar refractivity (Wildman–Crippen MR) is 54.5 cm³/mol. The summed E-state index contributed by atoms with van der Waals surface area (Å²) in [6.07, 6.45) is 0.327. The van der Waals surface area contributed by atoms with Gasteiger partial charge < -0.3 is 9.57 Å². The highest BCUT2D eigenvalue weighted by Gasteiger charge is 2.30. The van der Waals surface area contributed by atoms with Gasteiger partial charge in [-0.05, 0) is 13.8 Å². The van der Waals surface area contributed by atoms with Crippen LogP contribution in [0.25, 0.3) is 0 Å². The van der Waals surface area contributed by atoms with Crippen molar-refractivity contribution in [2.45, 2.75) is 25.8 Å². The van der Waals surface area contributed by atoms with E-state index in [9.17, 15) is 4.79 Å². The number of hydrogen-bond acceptors (Lipinski definition) is 6. The van der Waals surface area contributed by atoms with Crippen LogP contribution >= 0.6 is 0 Å². The molecule has 88 valence electrons. The van der Waals surface area contributed by atoms with Gasteiger partial charge in [0.1, 0.15) is 0 Å². The smallest absolute Gasteiger partial charge is 0.327 e. The van der Waals surface area contributed by atoms with Crippen molar-refractivity contribution in [2.24, 2.45) is 5.84 Å². The molecule has 1 aliphatic rings. The maximum Gasteiger partial charge on any atom is 0.327 e. The van der Waals surface area contributed by atoms with Crippen LogP contribution in [0, 0.1) is 0 Å². The Hall–Kier alpha value is -0.690. The molecule has 3 N–H and O–H groups in total. The SMILES string of the molecule is CC1(C)COCCN1CCC(=O)ONN. The van der Waals surface area contributed by atoms with Crippen LogP contribution in [0.2, 0.25) is 0 Å². The molecular formula is C9H19N3O3. The van der Waals surface area contributed by atoms with Gasteiger partial charge in [-0.1, -0.05) is 5.59 Å². The maximum absolute atomic E-state index is 11.1. The highest BCUT2D eigenvalue weighted by atomic mass is 16.7. The second kappa shape index (κ2) is 5.41. The van der Waals surface area contributed by atoms with E-state index in [-0.39, 0.29) is 11.5 Å². The van der Waals surface area contributed by atoms with Gasteiger partial charge >= 0.3 is 5.97 Å². The Kier molecular flexibility index (Phi) is 4.46. The van der Waals surface area contributed by atoms with E-state index in [1.165, 1.54) is 0 Å². The maximum atomic E-state index is 11.1. The van der Waals surface area contributed by atoms with E-state index in [0.717, 1.165) is 6.54 Å². The summed E-state index contributed by atoms with van der Waals surface area (Å²) >= 11 is 0. The van der Waals surface area contributed by atoms with E-state index in [4.69, 9.17) is 10.6 Å². The summed E-state index contributed by atoms with van der Waals surface area (Å²) < 4.78 is 5.38. The molecule has 1 rings (SSSR count). The lowest BCUT2D eigenvalue weighted by atomic mass is 10.0. The topological polar surface area (TPSA) is 76.8 Å². The minimum Gasteiger partial charge on any atom is -0.378 e. The number of nitrogens with two attached hydrogens (primary N) is 1. The Bertz CT molecular complexity index is 221. The lowest BCUT2D eigenvalue weighted by Gasteiger charge is -2.41. The van der Waals surface area contributed by atoms with Gasteiger partial charge in [-0.3, -0.25) is 9.69 Å². The van der Waals surface area contributed by atoms with Gasteiger partial charge in [0.2, 0.25) is 0 Å². The van der Waals surface area contributed by atoms with Crippen LogP contribution in [0.1, 0.15) is 20.3 Å². The summed E-state index contributed by atoms with van der Waals surface area (Å²) in [4.78, 5) is 17.7. The van der Waals surface area contributed by atoms with Gasteiger partial charge in [-0.2, -0.15) is 0 Å². The zero-order chi connectivity index (χ0) is 11.3. The summed E-state index contributed by atoms with van der Waals surface area (Å²) in [5, 5.41) is 0. The largest absolute Gasteiger partial charge is 0.378 e. The zero-order valence-electron chi connectivity index (χ0n) is 9.28. The third-order valence-corrected chi connectivity index (χ3v) is 2.58. The van der Waals surface area contributed by atoms with E-state index < -0.39 is 0 Å². The zero-order valence-corrected chi connectivity index (χ0v) is 9.28. The lowest BCUT2D eigenvalue weighted by molar-refractivity contribution is -0.152. The minimum absolute atomic E-state index is 0.0192. The van der Waals surface area contributed by atoms with Crippen LogP contribution in [-0.2, 0) is 14.4 Å². The monoisotopic (exact) mass is 217 g/mol. The molecule has 1 aliphatic heterocycles. The molecule has 0 aromatic rings. The fraction of sp³-hybridized carbons (Fsp3) is 0.889. The van der Waals surface area contributed by atoms with Gasteiger partial charge in [-0.15, -0.1) is 0 Å². The summed E-state index contributed by atoms with van der Waals surface area (Å²) in [6, 6.07) is 0. The van der Waals surface area contributed by atoms with Crippen molar-refractivity contribution in [3.05, 3.63) is 0 Å². The van der Waals surface area contributed by atoms with Crippen molar-refractivity contribution in [1.29, 1.82) is 0 Å². The standard InChI is InChI=1S/C9H19N3O3/c1-9(2)7-14-6-5-12(9)4-3-8(13)15-11-10/h11H,3-7,10H2,1-2H3. The summed E-state index contributed by atoms with van der Waals surface area (Å²) in [5.74, 6) is 4.52. The highest BCUT2D eigenvalue weighted by molar-refractivity contribution is 5.69. The van der Waals surface area contributed by atoms with Gasteiger partial charge in [0, 0.05) is 18.6 Å². The van der Waals surface area contributed by atoms with E-state index in [2.05, 4.69) is 23.6 Å². The number of hydrogen-bond donors (Lipinski definition) is 2. The molecule has 0 unspecified atom stereocenters. The van der Waals surface area contributed by atoms with Gasteiger partial charge in [-0.25, -0.2) is 5.84 Å². The molecule has 1 heterocycles. The van der Waals surface area contributed by atoms with Crippen LogP contribution in [0.4, 0.5) is 0 Å². The molecule has 1 fully saturated rings. The number of nitrogens with one attached hydrogen (secondary N) is 1. The molecule has 0 atom stereocenters. The second-order valence-corrected chi connectivity index (χ2v) is 4.19. The Balaban J connectivity index is 2.33. The van der Waals surface area contributed by atoms with Crippen molar-refractivity contribution in [2.75, 3.05) is 26.3 Å². The molecule has 6 nitrogen and oxygen atoms in total. The highest BCUT2D eigenvalue weighted by Crippen LogP contribution is 2.18. The number of carbonyl (C=O) groups is 1. The molecule has 15 heavy (non-hydrogen) atoms. The first-order chi connectivity index (χ1) is 7.06. The quantitative estimate of drug-likeness (QED) is 0.484. The third kappa shape index (κ3) is 3.75. The number of ether oxygens (including phenoxy) is 1. The first-order valence-corrected chi connectivity index (χ1v) is 5.04. The average molecular weight is 217 g/mol. The Morgan fingerprint density at radius 2 is 2.40 bits per heavy atom. The van der Waals surface area contributed by atoms with Crippen molar-refractivity contribution in [1.82, 2.24) is 10.5 Å². The summed E-state index contributed by atoms with van der Waals surface area (Å²) in [6.45, 7) is 7.11. The van der Waals surface area contributed by atoms with Gasteiger partial charge in [0.05, 0.1) is 19.6 Å². The fourth-order valence-corrected chi connectivity index (χ4v) is 1.65. The molecule has 0 aromatic carbocycles. The number of carbonyl (C=O) groups excluding carboxylic acids is 1. The molecular weight excluding hydrogens is 198 g/mol. The molecule has 0 aromatic heterocycles. The Morgan fingerprint density at radius 3 is 3.00 bits per heavy atom. The van der Waals surface area contributed by atoms with Gasteiger partial charge in [0.15, 0.2) is 0 Å².